The predicted octanol–water partition coefficient (Wildman–Crippen LogP) is 2.78. The second-order valence-electron chi connectivity index (χ2n) is 7.83. The van der Waals surface area contributed by atoms with Crippen LogP contribution in [0.4, 0.5) is 10.5 Å². The lowest BCUT2D eigenvalue weighted by Gasteiger charge is -2.23. The number of alkyl carbamates (subject to hydrolysis) is 1. The highest BCUT2D eigenvalue weighted by atomic mass is 16.5. The molecule has 3 rings (SSSR count). The molecule has 4 N–H and O–H groups in total. The Balaban J connectivity index is 1.39. The molecule has 32 heavy (non-hydrogen) atoms. The number of primary amides is 1. The maximum absolute atomic E-state index is 12.4. The highest BCUT2D eigenvalue weighted by molar-refractivity contribution is 5.91. The van der Waals surface area contributed by atoms with E-state index in [0.717, 1.165) is 36.2 Å². The third kappa shape index (κ3) is 7.09. The first-order valence-electron chi connectivity index (χ1n) is 10.9. The number of benzene rings is 2. The number of para-hydroxylation sites is 1. The number of amides is 3. The monoisotopic (exact) mass is 438 g/mol. The molecule has 8 heteroatoms. The number of nitrogens with one attached hydrogen (secondary N) is 2. The van der Waals surface area contributed by atoms with Crippen molar-refractivity contribution in [2.75, 3.05) is 18.4 Å². The molecule has 1 aliphatic heterocycles. The van der Waals surface area contributed by atoms with Crippen LogP contribution >= 0.6 is 0 Å². The molecule has 1 saturated heterocycles. The van der Waals surface area contributed by atoms with Crippen molar-refractivity contribution in [3.8, 4) is 0 Å². The number of anilines is 1. The Kier molecular flexibility index (Phi) is 8.62. The van der Waals surface area contributed by atoms with Crippen LogP contribution < -0.4 is 16.4 Å². The van der Waals surface area contributed by atoms with E-state index in [0.29, 0.717) is 19.5 Å². The maximum atomic E-state index is 12.4. The van der Waals surface area contributed by atoms with E-state index in [1.165, 1.54) is 0 Å². The standard InChI is InChI=1S/C24H30N4O4/c25-23(30)21-12-7-15-28(21)16-19-10-4-5-11-20(19)27-22(29)13-6-14-26-24(31)32-17-18-8-2-1-3-9-18/h1-5,8-11,21H,6-7,12-17H2,(H2,25,30)(H,26,31)(H,27,29). The smallest absolute Gasteiger partial charge is 0.407 e. The Bertz CT molecular complexity index is 919. The molecule has 2 aromatic rings. The first kappa shape index (κ1) is 23.3. The average Bonchev–Trinajstić information content (AvgIpc) is 3.26. The van der Waals surface area contributed by atoms with E-state index in [-0.39, 0.29) is 30.9 Å². The van der Waals surface area contributed by atoms with E-state index >= 15 is 0 Å². The number of hydrogen-bond donors (Lipinski definition) is 3. The number of nitrogens with zero attached hydrogens (tertiary/aromatic N) is 1. The van der Waals surface area contributed by atoms with E-state index < -0.39 is 6.09 Å². The summed E-state index contributed by atoms with van der Waals surface area (Å²) in [6.45, 7) is 1.91. The van der Waals surface area contributed by atoms with Gasteiger partial charge in [0.05, 0.1) is 6.04 Å². The number of rotatable bonds is 10. The highest BCUT2D eigenvalue weighted by Crippen LogP contribution is 2.24. The third-order valence-electron chi connectivity index (χ3n) is 5.42. The van der Waals surface area contributed by atoms with Gasteiger partial charge in [0.25, 0.3) is 0 Å². The lowest BCUT2D eigenvalue weighted by atomic mass is 10.1. The molecule has 1 atom stereocenters. The Morgan fingerprint density at radius 3 is 2.59 bits per heavy atom. The van der Waals surface area contributed by atoms with Crippen LogP contribution in [0.1, 0.15) is 36.8 Å². The SMILES string of the molecule is NC(=O)C1CCCN1Cc1ccccc1NC(=O)CCCNC(=O)OCc1ccccc1. The molecular weight excluding hydrogens is 408 g/mol. The first-order chi connectivity index (χ1) is 15.5. The molecule has 1 heterocycles. The van der Waals surface area contributed by atoms with Crippen molar-refractivity contribution in [3.63, 3.8) is 0 Å². The fraction of sp³-hybridized carbons (Fsp3) is 0.375. The Morgan fingerprint density at radius 1 is 1.06 bits per heavy atom. The van der Waals surface area contributed by atoms with Crippen molar-refractivity contribution in [1.29, 1.82) is 0 Å². The van der Waals surface area contributed by atoms with Gasteiger partial charge in [0, 0.05) is 25.2 Å². The van der Waals surface area contributed by atoms with E-state index in [1.54, 1.807) is 0 Å². The predicted molar refractivity (Wildman–Crippen MR) is 122 cm³/mol. The molecule has 0 spiro atoms. The van der Waals surface area contributed by atoms with Gasteiger partial charge in [-0.15, -0.1) is 0 Å². The number of carbonyl (C=O) groups is 3. The molecule has 3 amide bonds. The van der Waals surface area contributed by atoms with Crippen molar-refractivity contribution in [2.45, 2.75) is 44.9 Å². The molecule has 0 bridgehead atoms. The van der Waals surface area contributed by atoms with Gasteiger partial charge < -0.3 is 21.1 Å². The number of likely N-dealkylation sites (tertiary alicyclic amines) is 1. The minimum atomic E-state index is -0.505. The van der Waals surface area contributed by atoms with Gasteiger partial charge in [-0.1, -0.05) is 48.5 Å². The Hall–Kier alpha value is -3.39. The zero-order chi connectivity index (χ0) is 22.8. The zero-order valence-electron chi connectivity index (χ0n) is 18.1. The number of carbonyl (C=O) groups excluding carboxylic acids is 3. The summed E-state index contributed by atoms with van der Waals surface area (Å²) in [4.78, 5) is 37.9. The summed E-state index contributed by atoms with van der Waals surface area (Å²) in [6.07, 6.45) is 1.95. The van der Waals surface area contributed by atoms with Crippen molar-refractivity contribution in [3.05, 3.63) is 65.7 Å². The van der Waals surface area contributed by atoms with Crippen LogP contribution in [-0.4, -0.2) is 41.9 Å². The van der Waals surface area contributed by atoms with Gasteiger partial charge in [-0.2, -0.15) is 0 Å². The van der Waals surface area contributed by atoms with Crippen molar-refractivity contribution in [1.82, 2.24) is 10.2 Å². The molecular formula is C24H30N4O4. The molecule has 1 fully saturated rings. The first-order valence-corrected chi connectivity index (χ1v) is 10.9. The summed E-state index contributed by atoms with van der Waals surface area (Å²) >= 11 is 0. The van der Waals surface area contributed by atoms with Crippen molar-refractivity contribution >= 4 is 23.6 Å². The lowest BCUT2D eigenvalue weighted by molar-refractivity contribution is -0.122. The summed E-state index contributed by atoms with van der Waals surface area (Å²) in [5.74, 6) is -0.441. The van der Waals surface area contributed by atoms with Crippen LogP contribution in [0.5, 0.6) is 0 Å². The van der Waals surface area contributed by atoms with Crippen LogP contribution in [0.25, 0.3) is 0 Å². The van der Waals surface area contributed by atoms with Gasteiger partial charge in [-0.3, -0.25) is 14.5 Å². The summed E-state index contributed by atoms with van der Waals surface area (Å²) < 4.78 is 5.15. The fourth-order valence-electron chi connectivity index (χ4n) is 3.76. The van der Waals surface area contributed by atoms with Crippen LogP contribution in [0.3, 0.4) is 0 Å². The summed E-state index contributed by atoms with van der Waals surface area (Å²) in [5.41, 5.74) is 8.09. The van der Waals surface area contributed by atoms with E-state index in [4.69, 9.17) is 10.5 Å². The molecule has 8 nitrogen and oxygen atoms in total. The second kappa shape index (κ2) is 11.9. The number of hydrogen-bond acceptors (Lipinski definition) is 5. The molecule has 170 valence electrons. The van der Waals surface area contributed by atoms with Gasteiger partial charge in [-0.05, 0) is 43.0 Å². The minimum Gasteiger partial charge on any atom is -0.445 e. The largest absolute Gasteiger partial charge is 0.445 e. The van der Waals surface area contributed by atoms with Gasteiger partial charge in [0.1, 0.15) is 6.61 Å². The number of nitrogens with two attached hydrogens (primary N) is 1. The molecule has 0 aliphatic carbocycles. The quantitative estimate of drug-likeness (QED) is 0.494. The van der Waals surface area contributed by atoms with Gasteiger partial charge in [0.2, 0.25) is 11.8 Å². The number of ether oxygens (including phenoxy) is 1. The molecule has 0 aromatic heterocycles. The summed E-state index contributed by atoms with van der Waals surface area (Å²) in [6, 6.07) is 16.7. The summed E-state index contributed by atoms with van der Waals surface area (Å²) in [5, 5.41) is 5.59. The van der Waals surface area contributed by atoms with E-state index in [1.807, 2.05) is 54.6 Å². The van der Waals surface area contributed by atoms with Crippen LogP contribution in [0, 0.1) is 0 Å². The molecule has 0 radical (unpaired) electrons. The van der Waals surface area contributed by atoms with Gasteiger partial charge in [-0.25, -0.2) is 4.79 Å². The zero-order valence-corrected chi connectivity index (χ0v) is 18.1. The van der Waals surface area contributed by atoms with E-state index in [2.05, 4.69) is 15.5 Å². The molecule has 1 aliphatic rings. The van der Waals surface area contributed by atoms with Crippen LogP contribution in [-0.2, 0) is 27.5 Å². The average molecular weight is 439 g/mol. The third-order valence-corrected chi connectivity index (χ3v) is 5.42. The second-order valence-corrected chi connectivity index (χ2v) is 7.83. The molecule has 2 aromatic carbocycles. The summed E-state index contributed by atoms with van der Waals surface area (Å²) in [7, 11) is 0. The van der Waals surface area contributed by atoms with Gasteiger partial charge >= 0.3 is 6.09 Å². The van der Waals surface area contributed by atoms with Crippen molar-refractivity contribution < 1.29 is 19.1 Å². The van der Waals surface area contributed by atoms with Crippen molar-refractivity contribution in [2.24, 2.45) is 5.73 Å². The highest BCUT2D eigenvalue weighted by Gasteiger charge is 2.29. The normalized spacial score (nSPS) is 15.8. The fourth-order valence-corrected chi connectivity index (χ4v) is 3.76. The van der Waals surface area contributed by atoms with Crippen LogP contribution in [0.15, 0.2) is 54.6 Å². The molecule has 0 saturated carbocycles. The maximum Gasteiger partial charge on any atom is 0.407 e. The Morgan fingerprint density at radius 2 is 1.81 bits per heavy atom. The minimum absolute atomic E-state index is 0.134. The molecule has 1 unspecified atom stereocenters. The lowest BCUT2D eigenvalue weighted by Crippen LogP contribution is -2.39. The van der Waals surface area contributed by atoms with Crippen LogP contribution in [0.2, 0.25) is 0 Å². The Labute approximate surface area is 188 Å². The van der Waals surface area contributed by atoms with Gasteiger partial charge in [0.15, 0.2) is 0 Å². The van der Waals surface area contributed by atoms with E-state index in [9.17, 15) is 14.4 Å². The topological polar surface area (TPSA) is 114 Å².